The van der Waals surface area contributed by atoms with Gasteiger partial charge in [-0.1, -0.05) is 6.07 Å². The van der Waals surface area contributed by atoms with Crippen molar-refractivity contribution >= 4 is 11.3 Å². The van der Waals surface area contributed by atoms with Crippen molar-refractivity contribution in [3.8, 4) is 21.8 Å². The van der Waals surface area contributed by atoms with Crippen molar-refractivity contribution in [2.75, 3.05) is 0 Å². The standard InChI is InChI=1S/C13H10N2S/c1-2-7-14-11(4-1)10-6-9-16-13(10)12-5-3-8-15-12/h1-9,15H. The summed E-state index contributed by atoms with van der Waals surface area (Å²) in [4.78, 5) is 8.86. The molecule has 1 N–H and O–H groups in total. The van der Waals surface area contributed by atoms with Gasteiger partial charge in [0.25, 0.3) is 0 Å². The van der Waals surface area contributed by atoms with Gasteiger partial charge in [-0.3, -0.25) is 4.98 Å². The van der Waals surface area contributed by atoms with Crippen molar-refractivity contribution in [1.29, 1.82) is 0 Å². The van der Waals surface area contributed by atoms with E-state index in [1.807, 2.05) is 36.7 Å². The molecule has 0 aliphatic rings. The molecule has 0 unspecified atom stereocenters. The van der Waals surface area contributed by atoms with E-state index in [-0.39, 0.29) is 0 Å². The lowest BCUT2D eigenvalue weighted by Gasteiger charge is -2.00. The maximum absolute atomic E-state index is 4.38. The monoisotopic (exact) mass is 226 g/mol. The molecule has 78 valence electrons. The van der Waals surface area contributed by atoms with E-state index in [1.54, 1.807) is 11.3 Å². The second kappa shape index (κ2) is 3.94. The van der Waals surface area contributed by atoms with E-state index in [0.29, 0.717) is 0 Å². The predicted octanol–water partition coefficient (Wildman–Crippen LogP) is 3.81. The molecule has 2 nitrogen and oxygen atoms in total. The summed E-state index contributed by atoms with van der Waals surface area (Å²) in [6.45, 7) is 0. The zero-order chi connectivity index (χ0) is 10.8. The SMILES string of the molecule is c1ccc(-c2ccsc2-c2ccc[nH]2)nc1. The molecule has 0 bridgehead atoms. The second-order valence-corrected chi connectivity index (χ2v) is 4.38. The molecule has 16 heavy (non-hydrogen) atoms. The summed E-state index contributed by atoms with van der Waals surface area (Å²) >= 11 is 1.73. The minimum absolute atomic E-state index is 1.02. The summed E-state index contributed by atoms with van der Waals surface area (Å²) in [6, 6.07) is 12.2. The van der Waals surface area contributed by atoms with E-state index in [4.69, 9.17) is 0 Å². The quantitative estimate of drug-likeness (QED) is 0.707. The Kier molecular flexibility index (Phi) is 2.31. The average molecular weight is 226 g/mol. The van der Waals surface area contributed by atoms with E-state index in [2.05, 4.69) is 27.5 Å². The van der Waals surface area contributed by atoms with Gasteiger partial charge in [-0.15, -0.1) is 11.3 Å². The lowest BCUT2D eigenvalue weighted by molar-refractivity contribution is 1.33. The van der Waals surface area contributed by atoms with Gasteiger partial charge in [0.05, 0.1) is 16.3 Å². The number of hydrogen-bond donors (Lipinski definition) is 1. The third kappa shape index (κ3) is 1.55. The van der Waals surface area contributed by atoms with E-state index in [9.17, 15) is 0 Å². The van der Waals surface area contributed by atoms with Crippen LogP contribution in [-0.4, -0.2) is 9.97 Å². The van der Waals surface area contributed by atoms with E-state index >= 15 is 0 Å². The maximum Gasteiger partial charge on any atom is 0.0717 e. The summed E-state index contributed by atoms with van der Waals surface area (Å²) in [5.41, 5.74) is 3.36. The van der Waals surface area contributed by atoms with Gasteiger partial charge in [-0.05, 0) is 35.7 Å². The molecule has 0 amide bonds. The third-order valence-electron chi connectivity index (χ3n) is 2.45. The van der Waals surface area contributed by atoms with Crippen LogP contribution in [0.15, 0.2) is 54.2 Å². The van der Waals surface area contributed by atoms with Gasteiger partial charge >= 0.3 is 0 Å². The summed E-state index contributed by atoms with van der Waals surface area (Å²) in [7, 11) is 0. The Balaban J connectivity index is 2.14. The highest BCUT2D eigenvalue weighted by Gasteiger charge is 2.09. The molecule has 3 heteroatoms. The van der Waals surface area contributed by atoms with E-state index < -0.39 is 0 Å². The number of pyridine rings is 1. The van der Waals surface area contributed by atoms with Gasteiger partial charge in [0.15, 0.2) is 0 Å². The van der Waals surface area contributed by atoms with Crippen LogP contribution in [-0.2, 0) is 0 Å². The molecular weight excluding hydrogens is 216 g/mol. The topological polar surface area (TPSA) is 28.7 Å². The predicted molar refractivity (Wildman–Crippen MR) is 67.3 cm³/mol. The minimum Gasteiger partial charge on any atom is -0.361 e. The van der Waals surface area contributed by atoms with Crippen molar-refractivity contribution in [3.05, 3.63) is 54.2 Å². The van der Waals surface area contributed by atoms with Crippen molar-refractivity contribution in [2.24, 2.45) is 0 Å². The van der Waals surface area contributed by atoms with Gasteiger partial charge in [-0.25, -0.2) is 0 Å². The fourth-order valence-electron chi connectivity index (χ4n) is 1.71. The molecule has 0 fully saturated rings. The number of nitrogens with zero attached hydrogens (tertiary/aromatic N) is 1. The van der Waals surface area contributed by atoms with Crippen molar-refractivity contribution in [2.45, 2.75) is 0 Å². The number of thiophene rings is 1. The van der Waals surface area contributed by atoms with Crippen LogP contribution in [0.4, 0.5) is 0 Å². The van der Waals surface area contributed by atoms with Gasteiger partial charge in [0, 0.05) is 18.0 Å². The Labute approximate surface area is 97.6 Å². The normalized spacial score (nSPS) is 10.5. The minimum atomic E-state index is 1.02. The first-order valence-corrected chi connectivity index (χ1v) is 5.96. The molecule has 0 radical (unpaired) electrons. The number of rotatable bonds is 2. The molecule has 0 saturated heterocycles. The Bertz CT molecular complexity index is 567. The van der Waals surface area contributed by atoms with Gasteiger partial charge < -0.3 is 4.98 Å². The average Bonchev–Trinajstić information content (AvgIpc) is 3.01. The Morgan fingerprint density at radius 3 is 2.81 bits per heavy atom. The third-order valence-corrected chi connectivity index (χ3v) is 3.40. The first-order chi connectivity index (χ1) is 7.95. The highest BCUT2D eigenvalue weighted by Crippen LogP contribution is 2.34. The smallest absolute Gasteiger partial charge is 0.0717 e. The molecule has 3 aromatic heterocycles. The number of nitrogens with one attached hydrogen (secondary N) is 1. The van der Waals surface area contributed by atoms with Gasteiger partial charge in [-0.2, -0.15) is 0 Å². The highest BCUT2D eigenvalue weighted by molar-refractivity contribution is 7.14. The lowest BCUT2D eigenvalue weighted by atomic mass is 10.1. The van der Waals surface area contributed by atoms with Crippen LogP contribution in [0.1, 0.15) is 0 Å². The molecule has 3 heterocycles. The van der Waals surface area contributed by atoms with Crippen LogP contribution in [0.25, 0.3) is 21.8 Å². The summed E-state index contributed by atoms with van der Waals surface area (Å²) in [5, 5.41) is 2.10. The zero-order valence-electron chi connectivity index (χ0n) is 8.55. The molecule has 0 spiro atoms. The number of hydrogen-bond acceptors (Lipinski definition) is 2. The number of H-pyrrole nitrogens is 1. The van der Waals surface area contributed by atoms with E-state index in [1.165, 1.54) is 10.4 Å². The van der Waals surface area contributed by atoms with Crippen molar-refractivity contribution in [1.82, 2.24) is 9.97 Å². The van der Waals surface area contributed by atoms with Crippen LogP contribution in [0, 0.1) is 0 Å². The van der Waals surface area contributed by atoms with Gasteiger partial charge in [0.1, 0.15) is 0 Å². The van der Waals surface area contributed by atoms with Crippen LogP contribution < -0.4 is 0 Å². The first kappa shape index (κ1) is 9.36. The Hall–Kier alpha value is -1.87. The molecule has 0 aliphatic carbocycles. The molecular formula is C13H10N2S. The van der Waals surface area contributed by atoms with Crippen molar-refractivity contribution < 1.29 is 0 Å². The highest BCUT2D eigenvalue weighted by atomic mass is 32.1. The molecule has 0 aliphatic heterocycles. The van der Waals surface area contributed by atoms with Crippen LogP contribution >= 0.6 is 11.3 Å². The Morgan fingerprint density at radius 1 is 1.06 bits per heavy atom. The number of aromatic nitrogens is 2. The fraction of sp³-hybridized carbons (Fsp3) is 0. The first-order valence-electron chi connectivity index (χ1n) is 5.08. The second-order valence-electron chi connectivity index (χ2n) is 3.46. The lowest BCUT2D eigenvalue weighted by Crippen LogP contribution is -1.82. The Morgan fingerprint density at radius 2 is 2.06 bits per heavy atom. The molecule has 0 aromatic carbocycles. The molecule has 3 aromatic rings. The van der Waals surface area contributed by atoms with Crippen LogP contribution in [0.3, 0.4) is 0 Å². The zero-order valence-corrected chi connectivity index (χ0v) is 9.37. The van der Waals surface area contributed by atoms with E-state index in [0.717, 1.165) is 11.4 Å². The van der Waals surface area contributed by atoms with Gasteiger partial charge in [0.2, 0.25) is 0 Å². The summed E-state index contributed by atoms with van der Waals surface area (Å²) in [6.07, 6.45) is 3.77. The fourth-order valence-corrected chi connectivity index (χ4v) is 2.61. The largest absolute Gasteiger partial charge is 0.361 e. The molecule has 3 rings (SSSR count). The molecule has 0 atom stereocenters. The van der Waals surface area contributed by atoms with Crippen LogP contribution in [0.2, 0.25) is 0 Å². The van der Waals surface area contributed by atoms with Crippen molar-refractivity contribution in [3.63, 3.8) is 0 Å². The summed E-state index contributed by atoms with van der Waals surface area (Å²) < 4.78 is 0. The summed E-state index contributed by atoms with van der Waals surface area (Å²) in [5.74, 6) is 0. The number of aromatic amines is 1. The maximum atomic E-state index is 4.38. The molecule has 0 saturated carbocycles. The van der Waals surface area contributed by atoms with Crippen LogP contribution in [0.5, 0.6) is 0 Å².